The number of hydrogen-bond donors (Lipinski definition) is 2. The average molecular weight is 330 g/mol. The Morgan fingerprint density at radius 3 is 2.68 bits per heavy atom. The summed E-state index contributed by atoms with van der Waals surface area (Å²) in [5.41, 5.74) is 1.17. The van der Waals surface area contributed by atoms with Crippen LogP contribution in [0.5, 0.6) is 5.75 Å². The van der Waals surface area contributed by atoms with Gasteiger partial charge < -0.3 is 15.2 Å². The Bertz CT molecular complexity index is 387. The first-order valence-electron chi connectivity index (χ1n) is 8.22. The Labute approximate surface area is 141 Å². The van der Waals surface area contributed by atoms with Crippen LogP contribution in [-0.4, -0.2) is 30.4 Å². The van der Waals surface area contributed by atoms with E-state index in [4.69, 9.17) is 4.74 Å². The summed E-state index contributed by atoms with van der Waals surface area (Å²) in [6.07, 6.45) is 5.87. The summed E-state index contributed by atoms with van der Waals surface area (Å²) in [4.78, 5) is 0. The van der Waals surface area contributed by atoms with Crippen LogP contribution in [0.3, 0.4) is 0 Å². The topological polar surface area (TPSA) is 41.5 Å². The van der Waals surface area contributed by atoms with Crippen LogP contribution < -0.4 is 10.1 Å². The van der Waals surface area contributed by atoms with Crippen molar-refractivity contribution < 1.29 is 9.84 Å². The largest absolute Gasteiger partial charge is 0.491 e. The number of aryl methyl sites for hydroxylation is 1. The lowest BCUT2D eigenvalue weighted by Crippen LogP contribution is -2.36. The Morgan fingerprint density at radius 1 is 1.23 bits per heavy atom. The highest BCUT2D eigenvalue weighted by Gasteiger charge is 2.08. The second-order valence-corrected chi connectivity index (χ2v) is 5.94. The number of nitrogens with one attached hydrogen (secondary N) is 1. The first-order chi connectivity index (χ1) is 10.1. The zero-order valence-electron chi connectivity index (χ0n) is 14.2. The van der Waals surface area contributed by atoms with Crippen LogP contribution in [0, 0.1) is 6.92 Å². The zero-order valence-corrected chi connectivity index (χ0v) is 15.0. The number of rotatable bonds is 11. The van der Waals surface area contributed by atoms with E-state index in [0.29, 0.717) is 19.2 Å². The number of ether oxygens (including phenoxy) is 1. The molecule has 0 amide bonds. The van der Waals surface area contributed by atoms with E-state index in [9.17, 15) is 5.11 Å². The van der Waals surface area contributed by atoms with Gasteiger partial charge in [0.05, 0.1) is 0 Å². The van der Waals surface area contributed by atoms with Gasteiger partial charge in [-0.2, -0.15) is 0 Å². The molecule has 0 spiro atoms. The van der Waals surface area contributed by atoms with Gasteiger partial charge in [0.1, 0.15) is 18.5 Å². The molecule has 2 atom stereocenters. The first-order valence-corrected chi connectivity index (χ1v) is 8.22. The van der Waals surface area contributed by atoms with Gasteiger partial charge in [0.15, 0.2) is 0 Å². The van der Waals surface area contributed by atoms with E-state index >= 15 is 0 Å². The third-order valence-electron chi connectivity index (χ3n) is 3.62. The number of halogens is 1. The van der Waals surface area contributed by atoms with Crippen molar-refractivity contribution in [1.29, 1.82) is 0 Å². The molecule has 1 aromatic carbocycles. The first kappa shape index (κ1) is 21.2. The smallest absolute Gasteiger partial charge is 0.119 e. The van der Waals surface area contributed by atoms with Gasteiger partial charge in [0.2, 0.25) is 0 Å². The Morgan fingerprint density at radius 2 is 2.00 bits per heavy atom. The predicted molar refractivity (Wildman–Crippen MR) is 96.2 cm³/mol. The lowest BCUT2D eigenvalue weighted by Gasteiger charge is -2.17. The van der Waals surface area contributed by atoms with Gasteiger partial charge in [0, 0.05) is 12.6 Å². The number of aliphatic hydroxyl groups is 1. The minimum absolute atomic E-state index is 0. The van der Waals surface area contributed by atoms with Crippen molar-refractivity contribution in [1.82, 2.24) is 5.32 Å². The molecule has 0 aliphatic rings. The fourth-order valence-electron chi connectivity index (χ4n) is 2.27. The van der Waals surface area contributed by atoms with Gasteiger partial charge in [-0.1, -0.05) is 44.7 Å². The fourth-order valence-corrected chi connectivity index (χ4v) is 2.27. The molecule has 0 fully saturated rings. The average Bonchev–Trinajstić information content (AvgIpc) is 2.47. The Hall–Kier alpha value is -0.770. The van der Waals surface area contributed by atoms with E-state index in [-0.39, 0.29) is 12.4 Å². The summed E-state index contributed by atoms with van der Waals surface area (Å²) in [5, 5.41) is 13.3. The minimum atomic E-state index is -0.469. The summed E-state index contributed by atoms with van der Waals surface area (Å²) in [6.45, 7) is 7.36. The lowest BCUT2D eigenvalue weighted by atomic mass is 10.1. The maximum Gasteiger partial charge on any atom is 0.119 e. The van der Waals surface area contributed by atoms with Crippen molar-refractivity contribution in [2.45, 2.75) is 65.0 Å². The van der Waals surface area contributed by atoms with Crippen LogP contribution in [0.4, 0.5) is 0 Å². The number of benzene rings is 1. The maximum absolute atomic E-state index is 9.95. The highest BCUT2D eigenvalue weighted by molar-refractivity contribution is 5.85. The molecule has 0 heterocycles. The van der Waals surface area contributed by atoms with Crippen molar-refractivity contribution >= 4 is 12.4 Å². The second kappa shape index (κ2) is 12.7. The lowest BCUT2D eigenvalue weighted by molar-refractivity contribution is 0.103. The van der Waals surface area contributed by atoms with Gasteiger partial charge in [-0.25, -0.2) is 0 Å². The molecule has 0 aliphatic carbocycles. The summed E-state index contributed by atoms with van der Waals surface area (Å²) < 4.78 is 5.60. The molecule has 3 nitrogen and oxygen atoms in total. The standard InChI is InChI=1S/C18H31NO2.ClH/c1-4-5-6-7-10-16(3)19-13-17(20)14-21-18-11-8-9-15(2)12-18;/h8-9,11-12,16-17,19-20H,4-7,10,13-14H2,1-3H3;1H. The van der Waals surface area contributed by atoms with Crippen molar-refractivity contribution in [3.8, 4) is 5.75 Å². The molecule has 22 heavy (non-hydrogen) atoms. The normalized spacial score (nSPS) is 13.3. The summed E-state index contributed by atoms with van der Waals surface area (Å²) in [5.74, 6) is 0.821. The molecule has 0 aromatic heterocycles. The van der Waals surface area contributed by atoms with E-state index in [1.54, 1.807) is 0 Å². The monoisotopic (exact) mass is 329 g/mol. The number of hydrogen-bond acceptors (Lipinski definition) is 3. The third-order valence-corrected chi connectivity index (χ3v) is 3.62. The van der Waals surface area contributed by atoms with Crippen LogP contribution in [0.15, 0.2) is 24.3 Å². The molecule has 2 unspecified atom stereocenters. The summed E-state index contributed by atoms with van der Waals surface area (Å²) in [6, 6.07) is 8.36. The molecule has 0 saturated heterocycles. The molecule has 128 valence electrons. The van der Waals surface area contributed by atoms with Crippen LogP contribution in [0.25, 0.3) is 0 Å². The van der Waals surface area contributed by atoms with Crippen LogP contribution in [-0.2, 0) is 0 Å². The van der Waals surface area contributed by atoms with Crippen molar-refractivity contribution in [3.05, 3.63) is 29.8 Å². The third kappa shape index (κ3) is 10.0. The zero-order chi connectivity index (χ0) is 15.5. The van der Waals surface area contributed by atoms with E-state index in [0.717, 1.165) is 5.75 Å². The SMILES string of the molecule is CCCCCCC(C)NCC(O)COc1cccc(C)c1.Cl. The molecule has 4 heteroatoms. The molecule has 0 radical (unpaired) electrons. The van der Waals surface area contributed by atoms with Crippen LogP contribution in [0.1, 0.15) is 51.5 Å². The molecule has 1 rings (SSSR count). The second-order valence-electron chi connectivity index (χ2n) is 5.94. The van der Waals surface area contributed by atoms with E-state index in [2.05, 4.69) is 19.2 Å². The van der Waals surface area contributed by atoms with E-state index < -0.39 is 6.10 Å². The molecular formula is C18H32ClNO2. The van der Waals surface area contributed by atoms with Gasteiger partial charge >= 0.3 is 0 Å². The molecule has 2 N–H and O–H groups in total. The summed E-state index contributed by atoms with van der Waals surface area (Å²) >= 11 is 0. The number of aliphatic hydroxyl groups excluding tert-OH is 1. The van der Waals surface area contributed by atoms with Crippen molar-refractivity contribution in [2.24, 2.45) is 0 Å². The van der Waals surface area contributed by atoms with Gasteiger partial charge in [-0.05, 0) is 38.0 Å². The van der Waals surface area contributed by atoms with Crippen molar-refractivity contribution in [3.63, 3.8) is 0 Å². The Balaban J connectivity index is 0.00000441. The Kier molecular flexibility index (Phi) is 12.3. The van der Waals surface area contributed by atoms with Crippen LogP contribution in [0.2, 0.25) is 0 Å². The van der Waals surface area contributed by atoms with Crippen LogP contribution >= 0.6 is 12.4 Å². The molecule has 0 aliphatic heterocycles. The van der Waals surface area contributed by atoms with Gasteiger partial charge in [-0.15, -0.1) is 12.4 Å². The highest BCUT2D eigenvalue weighted by Crippen LogP contribution is 2.12. The molecule has 0 bridgehead atoms. The van der Waals surface area contributed by atoms with E-state index in [1.165, 1.54) is 37.7 Å². The van der Waals surface area contributed by atoms with Gasteiger partial charge in [-0.3, -0.25) is 0 Å². The summed E-state index contributed by atoms with van der Waals surface area (Å²) in [7, 11) is 0. The van der Waals surface area contributed by atoms with E-state index in [1.807, 2.05) is 31.2 Å². The van der Waals surface area contributed by atoms with Crippen molar-refractivity contribution in [2.75, 3.05) is 13.2 Å². The predicted octanol–water partition coefficient (Wildman–Crippen LogP) is 4.11. The fraction of sp³-hybridized carbons (Fsp3) is 0.667. The van der Waals surface area contributed by atoms with Gasteiger partial charge in [0.25, 0.3) is 0 Å². The highest BCUT2D eigenvalue weighted by atomic mass is 35.5. The minimum Gasteiger partial charge on any atom is -0.491 e. The quantitative estimate of drug-likeness (QED) is 0.600. The molecular weight excluding hydrogens is 298 g/mol. The molecule has 0 saturated carbocycles. The molecule has 1 aromatic rings. The maximum atomic E-state index is 9.95. The number of unbranched alkanes of at least 4 members (excludes halogenated alkanes) is 3.